The summed E-state index contributed by atoms with van der Waals surface area (Å²) in [6.45, 7) is 5.23. The summed E-state index contributed by atoms with van der Waals surface area (Å²) in [4.78, 5) is 27.1. The largest absolute Gasteiger partial charge is 0.495 e. The summed E-state index contributed by atoms with van der Waals surface area (Å²) < 4.78 is 11.8. The highest BCUT2D eigenvalue weighted by Gasteiger charge is 2.26. The Hall–Kier alpha value is -2.23. The summed E-state index contributed by atoms with van der Waals surface area (Å²) in [6, 6.07) is 3.69. The van der Waals surface area contributed by atoms with Crippen molar-refractivity contribution in [2.45, 2.75) is 20.3 Å². The zero-order chi connectivity index (χ0) is 21.1. The number of methoxy groups -OCH3 is 2. The van der Waals surface area contributed by atoms with Crippen LogP contribution in [-0.2, 0) is 0 Å². The lowest BCUT2D eigenvalue weighted by Crippen LogP contribution is -2.33. The fourth-order valence-corrected chi connectivity index (χ4v) is 5.04. The maximum atomic E-state index is 13.4. The second-order valence-corrected chi connectivity index (χ2v) is 9.09. The minimum absolute atomic E-state index is 0.0659. The van der Waals surface area contributed by atoms with Crippen LogP contribution in [0.1, 0.15) is 26.8 Å². The van der Waals surface area contributed by atoms with E-state index < -0.39 is 0 Å². The lowest BCUT2D eigenvalue weighted by atomic mass is 10.3. The van der Waals surface area contributed by atoms with Gasteiger partial charge in [0.1, 0.15) is 26.6 Å². The fraction of sp³-hybridized carbons (Fsp3) is 0.450. The molecule has 7 nitrogen and oxygen atoms in total. The first-order valence-electron chi connectivity index (χ1n) is 9.27. The lowest BCUT2D eigenvalue weighted by molar-refractivity contribution is 0.0989. The number of nitrogens with zero attached hydrogens (tertiary/aromatic N) is 4. The van der Waals surface area contributed by atoms with E-state index in [2.05, 4.69) is 9.88 Å². The number of rotatable bonds is 8. The quantitative estimate of drug-likeness (QED) is 0.534. The summed E-state index contributed by atoms with van der Waals surface area (Å²) >= 11 is 2.86. The molecular weight excluding hydrogens is 408 g/mol. The van der Waals surface area contributed by atoms with E-state index in [1.807, 2.05) is 40.1 Å². The molecule has 0 aliphatic rings. The summed E-state index contributed by atoms with van der Waals surface area (Å²) in [5.74, 6) is 1.31. The van der Waals surface area contributed by atoms with Crippen molar-refractivity contribution >= 4 is 43.9 Å². The second kappa shape index (κ2) is 9.06. The predicted molar refractivity (Wildman–Crippen MR) is 119 cm³/mol. The first kappa shape index (κ1) is 21.5. The summed E-state index contributed by atoms with van der Waals surface area (Å²) in [7, 11) is 7.29. The molecule has 0 saturated heterocycles. The van der Waals surface area contributed by atoms with Crippen LogP contribution in [0.4, 0.5) is 5.13 Å². The predicted octanol–water partition coefficient (Wildman–Crippen LogP) is 3.99. The topological polar surface area (TPSA) is 67.8 Å². The van der Waals surface area contributed by atoms with Gasteiger partial charge in [0.15, 0.2) is 5.13 Å². The third-order valence-electron chi connectivity index (χ3n) is 4.46. The smallest absolute Gasteiger partial charge is 0.272 e. The van der Waals surface area contributed by atoms with Crippen LogP contribution in [0.2, 0.25) is 0 Å². The van der Waals surface area contributed by atoms with E-state index in [1.165, 1.54) is 22.7 Å². The van der Waals surface area contributed by atoms with Crippen LogP contribution >= 0.6 is 22.7 Å². The van der Waals surface area contributed by atoms with Gasteiger partial charge in [0, 0.05) is 6.54 Å². The molecule has 9 heteroatoms. The van der Waals surface area contributed by atoms with Gasteiger partial charge in [0.2, 0.25) is 0 Å². The number of aryl methyl sites for hydroxylation is 2. The first-order chi connectivity index (χ1) is 13.8. The first-order valence-corrected chi connectivity index (χ1v) is 10.9. The van der Waals surface area contributed by atoms with Crippen molar-refractivity contribution in [1.29, 1.82) is 0 Å². The van der Waals surface area contributed by atoms with E-state index >= 15 is 0 Å². The molecule has 0 N–H and O–H groups in total. The third-order valence-corrected chi connectivity index (χ3v) is 6.61. The Balaban J connectivity index is 2.05. The second-order valence-electron chi connectivity index (χ2n) is 6.91. The monoisotopic (exact) mass is 434 g/mol. The van der Waals surface area contributed by atoms with E-state index in [0.29, 0.717) is 27.8 Å². The molecule has 3 aromatic rings. The Bertz CT molecular complexity index is 972. The van der Waals surface area contributed by atoms with Crippen molar-refractivity contribution < 1.29 is 14.3 Å². The van der Waals surface area contributed by atoms with Crippen LogP contribution in [0.25, 0.3) is 10.2 Å². The summed E-state index contributed by atoms with van der Waals surface area (Å²) in [5.41, 5.74) is 1.46. The van der Waals surface area contributed by atoms with Gasteiger partial charge in [-0.25, -0.2) is 9.97 Å². The van der Waals surface area contributed by atoms with E-state index in [1.54, 1.807) is 19.1 Å². The number of hydrogen-bond acceptors (Lipinski definition) is 8. The van der Waals surface area contributed by atoms with Crippen LogP contribution in [-0.4, -0.2) is 62.2 Å². The van der Waals surface area contributed by atoms with Gasteiger partial charge >= 0.3 is 0 Å². The van der Waals surface area contributed by atoms with Crippen LogP contribution in [0, 0.1) is 13.8 Å². The molecule has 0 spiro atoms. The number of thiazole rings is 2. The normalized spacial score (nSPS) is 11.3. The molecule has 1 aromatic carbocycles. The maximum absolute atomic E-state index is 13.4. The summed E-state index contributed by atoms with van der Waals surface area (Å²) in [6.07, 6.45) is 0.833. The molecular formula is C20H26N4O3S2. The van der Waals surface area contributed by atoms with Crippen molar-refractivity contribution in [2.24, 2.45) is 0 Å². The van der Waals surface area contributed by atoms with Crippen molar-refractivity contribution in [3.8, 4) is 11.5 Å². The molecule has 0 atom stereocenters. The molecule has 0 radical (unpaired) electrons. The molecule has 156 valence electrons. The number of carbonyl (C=O) groups is 1. The maximum Gasteiger partial charge on any atom is 0.272 e. The van der Waals surface area contributed by atoms with Crippen molar-refractivity contribution in [3.05, 3.63) is 27.7 Å². The number of ether oxygens (including phenoxy) is 2. The third kappa shape index (κ3) is 4.52. The van der Waals surface area contributed by atoms with Crippen LogP contribution < -0.4 is 14.4 Å². The molecule has 3 rings (SSSR count). The number of benzene rings is 1. The molecule has 0 aliphatic carbocycles. The zero-order valence-corrected chi connectivity index (χ0v) is 19.2. The molecule has 0 bridgehead atoms. The zero-order valence-electron chi connectivity index (χ0n) is 17.6. The number of fused-ring (bicyclic) bond motifs is 1. The molecule has 0 unspecified atom stereocenters. The highest BCUT2D eigenvalue weighted by molar-refractivity contribution is 7.23. The standard InChI is InChI=1S/C20H26N4O3S2/c1-12-17(28-13(2)21-12)19(25)24(11-7-10-23(3)4)20-22-16-14(26-5)8-9-15(27-6)18(16)29-20/h8-9H,7,10-11H2,1-6H3. The van der Waals surface area contributed by atoms with Gasteiger partial charge in [-0.2, -0.15) is 0 Å². The molecule has 0 fully saturated rings. The van der Waals surface area contributed by atoms with Gasteiger partial charge in [0.05, 0.1) is 24.9 Å². The highest BCUT2D eigenvalue weighted by Crippen LogP contribution is 2.40. The van der Waals surface area contributed by atoms with E-state index in [4.69, 9.17) is 14.5 Å². The lowest BCUT2D eigenvalue weighted by Gasteiger charge is -2.20. The Morgan fingerprint density at radius 2 is 1.72 bits per heavy atom. The van der Waals surface area contributed by atoms with Gasteiger partial charge < -0.3 is 14.4 Å². The molecule has 2 heterocycles. The Labute approximate surface area is 178 Å². The Kier molecular flexibility index (Phi) is 6.71. The van der Waals surface area contributed by atoms with Gasteiger partial charge in [0.25, 0.3) is 5.91 Å². The number of amides is 1. The van der Waals surface area contributed by atoms with Gasteiger partial charge in [-0.05, 0) is 53.0 Å². The van der Waals surface area contributed by atoms with E-state index in [-0.39, 0.29) is 5.91 Å². The Morgan fingerprint density at radius 1 is 1.03 bits per heavy atom. The molecule has 0 aliphatic heterocycles. The van der Waals surface area contributed by atoms with Crippen molar-refractivity contribution in [2.75, 3.05) is 46.3 Å². The van der Waals surface area contributed by atoms with Crippen molar-refractivity contribution in [3.63, 3.8) is 0 Å². The molecule has 1 amide bonds. The number of aromatic nitrogens is 2. The minimum Gasteiger partial charge on any atom is -0.495 e. The van der Waals surface area contributed by atoms with Crippen LogP contribution in [0.15, 0.2) is 12.1 Å². The average Bonchev–Trinajstić information content (AvgIpc) is 3.26. The highest BCUT2D eigenvalue weighted by atomic mass is 32.1. The molecule has 2 aromatic heterocycles. The Morgan fingerprint density at radius 3 is 2.31 bits per heavy atom. The summed E-state index contributed by atoms with van der Waals surface area (Å²) in [5, 5.41) is 1.52. The molecule has 29 heavy (non-hydrogen) atoms. The van der Waals surface area contributed by atoms with E-state index in [9.17, 15) is 4.79 Å². The SMILES string of the molecule is COc1ccc(OC)c2sc(N(CCCN(C)C)C(=O)c3sc(C)nc3C)nc12. The number of carbonyl (C=O) groups excluding carboxylic acids is 1. The average molecular weight is 435 g/mol. The van der Waals surface area contributed by atoms with E-state index in [0.717, 1.165) is 34.1 Å². The van der Waals surface area contributed by atoms with Gasteiger partial charge in [-0.3, -0.25) is 9.69 Å². The fourth-order valence-electron chi connectivity index (χ4n) is 3.07. The van der Waals surface area contributed by atoms with Crippen molar-refractivity contribution in [1.82, 2.24) is 14.9 Å². The molecule has 0 saturated carbocycles. The number of hydrogen-bond donors (Lipinski definition) is 0. The minimum atomic E-state index is -0.0659. The van der Waals surface area contributed by atoms with Crippen LogP contribution in [0.3, 0.4) is 0 Å². The van der Waals surface area contributed by atoms with Crippen LogP contribution in [0.5, 0.6) is 11.5 Å². The van der Waals surface area contributed by atoms with Gasteiger partial charge in [-0.15, -0.1) is 11.3 Å². The van der Waals surface area contributed by atoms with Gasteiger partial charge in [-0.1, -0.05) is 11.3 Å². The number of anilines is 1.